The summed E-state index contributed by atoms with van der Waals surface area (Å²) in [6, 6.07) is 6.96. The minimum atomic E-state index is -0.967. The van der Waals surface area contributed by atoms with Gasteiger partial charge in [-0.15, -0.1) is 16.5 Å². The summed E-state index contributed by atoms with van der Waals surface area (Å²) in [4.78, 5) is 32.2. The molecular weight excluding hydrogens is 398 g/mol. The molecule has 0 spiro atoms. The second-order valence-electron chi connectivity index (χ2n) is 6.71. The van der Waals surface area contributed by atoms with E-state index >= 15 is 0 Å². The van der Waals surface area contributed by atoms with Gasteiger partial charge in [0.05, 0.1) is 18.9 Å². The van der Waals surface area contributed by atoms with Gasteiger partial charge < -0.3 is 15.2 Å². The topological polar surface area (TPSA) is 108 Å². The van der Waals surface area contributed by atoms with Crippen LogP contribution in [0, 0.1) is 10.8 Å². The van der Waals surface area contributed by atoms with Gasteiger partial charge in [-0.2, -0.15) is 5.01 Å². The zero-order valence-corrected chi connectivity index (χ0v) is 17.5. The first-order chi connectivity index (χ1) is 13.9. The van der Waals surface area contributed by atoms with E-state index in [2.05, 4.69) is 17.5 Å². The Labute approximate surface area is 175 Å². The number of methoxy groups -OCH3 is 1. The zero-order valence-electron chi connectivity index (χ0n) is 16.7. The highest BCUT2D eigenvalue weighted by Gasteiger charge is 2.22. The molecule has 0 aromatic heterocycles. The number of rotatable bonds is 7. The lowest BCUT2D eigenvalue weighted by molar-refractivity contribution is -0.131. The van der Waals surface area contributed by atoms with E-state index in [0.717, 1.165) is 48.2 Å². The van der Waals surface area contributed by atoms with Gasteiger partial charge >= 0.3 is 12.0 Å². The van der Waals surface area contributed by atoms with E-state index < -0.39 is 12.0 Å². The van der Waals surface area contributed by atoms with Gasteiger partial charge in [0.1, 0.15) is 5.75 Å². The predicted octanol–water partition coefficient (Wildman–Crippen LogP) is 4.29. The number of urea groups is 1. The lowest BCUT2D eigenvalue weighted by Crippen LogP contribution is -2.44. The number of nitroso groups, excluding NO2 is 1. The molecule has 9 heteroatoms. The van der Waals surface area contributed by atoms with E-state index in [9.17, 15) is 14.5 Å². The quantitative estimate of drug-likeness (QED) is 0.293. The maximum absolute atomic E-state index is 11.6. The lowest BCUT2D eigenvalue weighted by Gasteiger charge is -2.27. The molecule has 1 aromatic rings. The van der Waals surface area contributed by atoms with Gasteiger partial charge in [-0.1, -0.05) is 25.1 Å². The number of carbonyl (C=O) groups excluding carboxylic acids is 1. The second kappa shape index (κ2) is 13.5. The van der Waals surface area contributed by atoms with E-state index in [4.69, 9.17) is 21.4 Å². The molecule has 1 aliphatic carbocycles. The predicted molar refractivity (Wildman–Crippen MR) is 113 cm³/mol. The van der Waals surface area contributed by atoms with Crippen molar-refractivity contribution in [3.63, 3.8) is 0 Å². The van der Waals surface area contributed by atoms with Crippen molar-refractivity contribution in [2.24, 2.45) is 11.2 Å². The third-order valence-corrected chi connectivity index (χ3v) is 4.69. The third kappa shape index (κ3) is 9.43. The van der Waals surface area contributed by atoms with Crippen LogP contribution in [0.25, 0.3) is 6.08 Å². The van der Waals surface area contributed by atoms with Gasteiger partial charge in [0.2, 0.25) is 0 Å². The van der Waals surface area contributed by atoms with E-state index in [0.29, 0.717) is 5.75 Å². The number of amides is 2. The summed E-state index contributed by atoms with van der Waals surface area (Å²) in [7, 11) is 1.55. The largest absolute Gasteiger partial charge is 0.496 e. The summed E-state index contributed by atoms with van der Waals surface area (Å²) >= 11 is 5.46. The maximum Gasteiger partial charge on any atom is 0.340 e. The van der Waals surface area contributed by atoms with Crippen LogP contribution in [0.2, 0.25) is 0 Å². The van der Waals surface area contributed by atoms with Gasteiger partial charge in [-0.25, -0.2) is 9.59 Å². The van der Waals surface area contributed by atoms with Crippen LogP contribution in [0.1, 0.15) is 38.2 Å². The monoisotopic (exact) mass is 425 g/mol. The fourth-order valence-electron chi connectivity index (χ4n) is 2.88. The van der Waals surface area contributed by atoms with E-state index in [1.165, 1.54) is 6.08 Å². The molecule has 2 amide bonds. The first-order valence-corrected chi connectivity index (χ1v) is 9.96. The molecule has 0 unspecified atom stereocenters. The smallest absolute Gasteiger partial charge is 0.340 e. The SMILES string of the molecule is CC1CCC(NC(=O)N(CCCl)N=O)CC1.COc1ccccc1C=CC(=O)O. The minimum Gasteiger partial charge on any atom is -0.496 e. The number of carboxylic acid groups (broad SMARTS) is 1. The Kier molecular flexibility index (Phi) is 11.4. The number of carbonyl (C=O) groups is 2. The molecule has 2 N–H and O–H groups in total. The Balaban J connectivity index is 0.000000296. The molecule has 29 heavy (non-hydrogen) atoms. The Bertz CT molecular complexity index is 690. The molecule has 0 aliphatic heterocycles. The third-order valence-electron chi connectivity index (χ3n) is 4.52. The molecule has 0 radical (unpaired) electrons. The molecule has 0 atom stereocenters. The van der Waals surface area contributed by atoms with Crippen molar-refractivity contribution in [2.75, 3.05) is 19.5 Å². The highest BCUT2D eigenvalue weighted by Crippen LogP contribution is 2.23. The van der Waals surface area contributed by atoms with Gasteiger partial charge in [0.25, 0.3) is 0 Å². The van der Waals surface area contributed by atoms with E-state index in [-0.39, 0.29) is 18.5 Å². The Morgan fingerprint density at radius 1 is 1.31 bits per heavy atom. The normalized spacial score (nSPS) is 18.3. The van der Waals surface area contributed by atoms with Crippen molar-refractivity contribution in [1.29, 1.82) is 0 Å². The van der Waals surface area contributed by atoms with Crippen molar-refractivity contribution in [3.8, 4) is 5.75 Å². The zero-order chi connectivity index (χ0) is 21.6. The number of alkyl halides is 1. The van der Waals surface area contributed by atoms with Crippen molar-refractivity contribution in [3.05, 3.63) is 40.8 Å². The summed E-state index contributed by atoms with van der Waals surface area (Å²) in [6.07, 6.45) is 6.77. The van der Waals surface area contributed by atoms with Crippen LogP contribution >= 0.6 is 11.6 Å². The summed E-state index contributed by atoms with van der Waals surface area (Å²) < 4.78 is 5.03. The molecule has 0 heterocycles. The van der Waals surface area contributed by atoms with E-state index in [1.54, 1.807) is 19.2 Å². The lowest BCUT2D eigenvalue weighted by atomic mass is 9.87. The molecular formula is C20H28ClN3O5. The number of nitrogens with one attached hydrogen (secondary N) is 1. The molecule has 1 aliphatic rings. The summed E-state index contributed by atoms with van der Waals surface area (Å²) in [5, 5.41) is 14.7. The first kappa shape index (κ1) is 24.4. The fraction of sp³-hybridized carbons (Fsp3) is 0.500. The van der Waals surface area contributed by atoms with Gasteiger partial charge in [-0.05, 0) is 43.7 Å². The molecule has 1 aromatic carbocycles. The van der Waals surface area contributed by atoms with Crippen molar-refractivity contribution in [2.45, 2.75) is 38.6 Å². The molecule has 160 valence electrons. The molecule has 8 nitrogen and oxygen atoms in total. The number of hydrogen-bond donors (Lipinski definition) is 2. The number of halogens is 1. The van der Waals surface area contributed by atoms with Crippen LogP contribution in [-0.2, 0) is 4.79 Å². The number of aliphatic carboxylic acids is 1. The molecule has 1 fully saturated rings. The Morgan fingerprint density at radius 3 is 2.52 bits per heavy atom. The first-order valence-electron chi connectivity index (χ1n) is 9.42. The summed E-state index contributed by atoms with van der Waals surface area (Å²) in [5.41, 5.74) is 0.757. The maximum atomic E-state index is 11.6. The Morgan fingerprint density at radius 2 is 1.97 bits per heavy atom. The molecule has 0 bridgehead atoms. The standard InChI is InChI=1S/C10H18ClN3O2.C10H10O3/c1-8-2-4-9(5-3-8)12-10(15)14(13-16)7-6-11;1-13-9-5-3-2-4-8(9)6-7-10(11)12/h8-9H,2-7H2,1H3,(H,12,15);2-7H,1H3,(H,11,12). The van der Waals surface area contributed by atoms with Gasteiger partial charge in [0.15, 0.2) is 0 Å². The van der Waals surface area contributed by atoms with Crippen LogP contribution in [0.3, 0.4) is 0 Å². The number of nitrogens with zero attached hydrogens (tertiary/aromatic N) is 2. The summed E-state index contributed by atoms with van der Waals surface area (Å²) in [5.74, 6) is 0.642. The van der Waals surface area contributed by atoms with Crippen molar-refractivity contribution in [1.82, 2.24) is 10.3 Å². The minimum absolute atomic E-state index is 0.153. The van der Waals surface area contributed by atoms with Crippen molar-refractivity contribution < 1.29 is 19.4 Å². The number of para-hydroxylation sites is 1. The van der Waals surface area contributed by atoms with Crippen LogP contribution in [0.4, 0.5) is 4.79 Å². The average Bonchev–Trinajstić information content (AvgIpc) is 2.72. The fourth-order valence-corrected chi connectivity index (χ4v) is 3.04. The van der Waals surface area contributed by atoms with Crippen LogP contribution in [0.5, 0.6) is 5.75 Å². The average molecular weight is 426 g/mol. The molecule has 2 rings (SSSR count). The van der Waals surface area contributed by atoms with Gasteiger partial charge in [0, 0.05) is 23.6 Å². The number of hydrogen-bond acceptors (Lipinski definition) is 5. The van der Waals surface area contributed by atoms with Gasteiger partial charge in [-0.3, -0.25) is 0 Å². The molecule has 1 saturated carbocycles. The highest BCUT2D eigenvalue weighted by atomic mass is 35.5. The van der Waals surface area contributed by atoms with E-state index in [1.807, 2.05) is 12.1 Å². The van der Waals surface area contributed by atoms with Crippen LogP contribution in [0.15, 0.2) is 35.6 Å². The highest BCUT2D eigenvalue weighted by molar-refractivity contribution is 6.18. The second-order valence-corrected chi connectivity index (χ2v) is 7.09. The van der Waals surface area contributed by atoms with Crippen LogP contribution < -0.4 is 10.1 Å². The van der Waals surface area contributed by atoms with Crippen molar-refractivity contribution >= 4 is 29.7 Å². The summed E-state index contributed by atoms with van der Waals surface area (Å²) in [6.45, 7) is 2.37. The molecule has 0 saturated heterocycles. The van der Waals surface area contributed by atoms with Crippen LogP contribution in [-0.4, -0.2) is 47.7 Å². The number of carboxylic acids is 1. The number of ether oxygens (including phenoxy) is 1. The number of benzene rings is 1. The Hall–Kier alpha value is -2.61.